The average molecular weight is 259 g/mol. The average Bonchev–Trinajstić information content (AvgIpc) is 2.76. The molecule has 0 spiro atoms. The Morgan fingerprint density at radius 2 is 2.00 bits per heavy atom. The van der Waals surface area contributed by atoms with Crippen molar-refractivity contribution >= 4 is 0 Å². The maximum absolute atomic E-state index is 9.66. The fourth-order valence-electron chi connectivity index (χ4n) is 2.36. The summed E-state index contributed by atoms with van der Waals surface area (Å²) in [5.74, 6) is 1.20. The van der Waals surface area contributed by atoms with Crippen LogP contribution in [0.5, 0.6) is 0 Å². The number of benzene rings is 1. The molecule has 5 nitrogen and oxygen atoms in total. The highest BCUT2D eigenvalue weighted by Crippen LogP contribution is 2.22. The van der Waals surface area contributed by atoms with E-state index in [1.807, 2.05) is 38.1 Å². The van der Waals surface area contributed by atoms with Crippen molar-refractivity contribution in [1.82, 2.24) is 15.0 Å². The largest absolute Gasteiger partial charge is 0.388 e. The maximum atomic E-state index is 9.66. The molecule has 1 aromatic heterocycles. The zero-order chi connectivity index (χ0) is 13.5. The first kappa shape index (κ1) is 12.3. The first-order valence-electron chi connectivity index (χ1n) is 6.36. The lowest BCUT2D eigenvalue weighted by Gasteiger charge is -2.43. The number of aliphatic hydroxyl groups is 1. The highest BCUT2D eigenvalue weighted by atomic mass is 16.5. The molecule has 0 amide bonds. The number of nitrogens with zero attached hydrogens (tertiary/aromatic N) is 3. The molecule has 3 rings (SSSR count). The van der Waals surface area contributed by atoms with Gasteiger partial charge in [-0.1, -0.05) is 22.9 Å². The van der Waals surface area contributed by atoms with Gasteiger partial charge in [-0.2, -0.15) is 4.98 Å². The predicted molar refractivity (Wildman–Crippen MR) is 70.4 cm³/mol. The van der Waals surface area contributed by atoms with Gasteiger partial charge in [0.25, 0.3) is 5.89 Å². The first-order chi connectivity index (χ1) is 9.02. The Labute approximate surface area is 111 Å². The van der Waals surface area contributed by atoms with Crippen LogP contribution in [-0.4, -0.2) is 38.8 Å². The minimum absolute atomic E-state index is 0.544. The number of β-amino-alcohol motifs (C(OH)–C–C–N with tert-alkyl or cyclic N) is 1. The maximum Gasteiger partial charge on any atom is 0.257 e. The van der Waals surface area contributed by atoms with E-state index >= 15 is 0 Å². The molecule has 5 heteroatoms. The highest BCUT2D eigenvalue weighted by Gasteiger charge is 2.36. The van der Waals surface area contributed by atoms with Gasteiger partial charge in [0.15, 0.2) is 5.82 Å². The van der Waals surface area contributed by atoms with Gasteiger partial charge in [-0.25, -0.2) is 0 Å². The summed E-state index contributed by atoms with van der Waals surface area (Å²) in [5.41, 5.74) is 1.56. The number of hydrogen-bond acceptors (Lipinski definition) is 5. The SMILES string of the molecule is Cc1ccc(-c2nc(CN3CC(C)(O)C3)no2)cc1. The number of hydrogen-bond donors (Lipinski definition) is 1. The number of rotatable bonds is 3. The Hall–Kier alpha value is -1.72. The second-order valence-electron chi connectivity index (χ2n) is 5.52. The molecular weight excluding hydrogens is 242 g/mol. The molecule has 0 bridgehead atoms. The molecule has 2 heterocycles. The Morgan fingerprint density at radius 1 is 1.32 bits per heavy atom. The van der Waals surface area contributed by atoms with E-state index in [0.29, 0.717) is 31.3 Å². The van der Waals surface area contributed by atoms with Gasteiger partial charge in [-0.05, 0) is 26.0 Å². The standard InChI is InChI=1S/C14H17N3O2/c1-10-3-5-11(6-4-10)13-15-12(16-19-13)7-17-8-14(2,18)9-17/h3-6,18H,7-9H2,1-2H3. The van der Waals surface area contributed by atoms with E-state index in [9.17, 15) is 5.11 Å². The van der Waals surface area contributed by atoms with Crippen molar-refractivity contribution in [3.8, 4) is 11.5 Å². The van der Waals surface area contributed by atoms with Crippen molar-refractivity contribution in [2.45, 2.75) is 26.0 Å². The molecule has 0 atom stereocenters. The summed E-state index contributed by atoms with van der Waals surface area (Å²) in [6, 6.07) is 7.99. The molecule has 1 fully saturated rings. The van der Waals surface area contributed by atoms with Gasteiger partial charge in [-0.3, -0.25) is 4.90 Å². The topological polar surface area (TPSA) is 62.4 Å². The summed E-state index contributed by atoms with van der Waals surface area (Å²) in [7, 11) is 0. The molecule has 1 aliphatic rings. The van der Waals surface area contributed by atoms with E-state index in [1.165, 1.54) is 5.56 Å². The van der Waals surface area contributed by atoms with Crippen molar-refractivity contribution in [2.75, 3.05) is 13.1 Å². The van der Waals surface area contributed by atoms with Crippen molar-refractivity contribution in [3.63, 3.8) is 0 Å². The minimum atomic E-state index is -0.566. The van der Waals surface area contributed by atoms with Gasteiger partial charge in [-0.15, -0.1) is 0 Å². The summed E-state index contributed by atoms with van der Waals surface area (Å²) < 4.78 is 5.26. The second-order valence-corrected chi connectivity index (χ2v) is 5.52. The van der Waals surface area contributed by atoms with E-state index in [4.69, 9.17) is 4.52 Å². The summed E-state index contributed by atoms with van der Waals surface area (Å²) in [4.78, 5) is 6.47. The van der Waals surface area contributed by atoms with Gasteiger partial charge in [0.1, 0.15) is 0 Å². The van der Waals surface area contributed by atoms with E-state index in [1.54, 1.807) is 0 Å². The van der Waals surface area contributed by atoms with Crippen LogP contribution in [0.15, 0.2) is 28.8 Å². The molecule has 0 saturated carbocycles. The van der Waals surface area contributed by atoms with Crippen LogP contribution in [-0.2, 0) is 6.54 Å². The van der Waals surface area contributed by atoms with Gasteiger partial charge in [0.2, 0.25) is 0 Å². The van der Waals surface area contributed by atoms with Crippen LogP contribution in [0, 0.1) is 6.92 Å². The second kappa shape index (κ2) is 4.43. The van der Waals surface area contributed by atoms with Crippen molar-refractivity contribution in [2.24, 2.45) is 0 Å². The molecule has 2 aromatic rings. The summed E-state index contributed by atoms with van der Waals surface area (Å²) in [5, 5.41) is 13.6. The van der Waals surface area contributed by atoms with Crippen LogP contribution >= 0.6 is 0 Å². The number of aromatic nitrogens is 2. The Balaban J connectivity index is 1.68. The van der Waals surface area contributed by atoms with Crippen LogP contribution in [0.1, 0.15) is 18.3 Å². The van der Waals surface area contributed by atoms with Crippen LogP contribution in [0.2, 0.25) is 0 Å². The molecule has 19 heavy (non-hydrogen) atoms. The number of likely N-dealkylation sites (tertiary alicyclic amines) is 1. The van der Waals surface area contributed by atoms with Crippen LogP contribution in [0.4, 0.5) is 0 Å². The molecule has 0 aliphatic carbocycles. The molecular formula is C14H17N3O2. The van der Waals surface area contributed by atoms with Crippen molar-refractivity contribution in [1.29, 1.82) is 0 Å². The normalized spacial score (nSPS) is 18.3. The lowest BCUT2D eigenvalue weighted by molar-refractivity contribution is -0.0882. The molecule has 1 aromatic carbocycles. The van der Waals surface area contributed by atoms with E-state index in [0.717, 1.165) is 5.56 Å². The van der Waals surface area contributed by atoms with Crippen molar-refractivity contribution < 1.29 is 9.63 Å². The zero-order valence-corrected chi connectivity index (χ0v) is 11.1. The molecule has 0 radical (unpaired) electrons. The molecule has 100 valence electrons. The third-order valence-corrected chi connectivity index (χ3v) is 3.26. The number of aryl methyl sites for hydroxylation is 1. The fourth-order valence-corrected chi connectivity index (χ4v) is 2.36. The quantitative estimate of drug-likeness (QED) is 0.907. The van der Waals surface area contributed by atoms with E-state index in [2.05, 4.69) is 15.0 Å². The lowest BCUT2D eigenvalue weighted by Crippen LogP contribution is -2.59. The molecule has 0 unspecified atom stereocenters. The first-order valence-corrected chi connectivity index (χ1v) is 6.36. The Bertz CT molecular complexity index is 567. The predicted octanol–water partition coefficient (Wildman–Crippen LogP) is 1.61. The van der Waals surface area contributed by atoms with Gasteiger partial charge < -0.3 is 9.63 Å². The van der Waals surface area contributed by atoms with Crippen LogP contribution in [0.25, 0.3) is 11.5 Å². The summed E-state index contributed by atoms with van der Waals surface area (Å²) in [6.07, 6.45) is 0. The highest BCUT2D eigenvalue weighted by molar-refractivity contribution is 5.53. The third-order valence-electron chi connectivity index (χ3n) is 3.26. The molecule has 1 aliphatic heterocycles. The summed E-state index contributed by atoms with van der Waals surface area (Å²) >= 11 is 0. The van der Waals surface area contributed by atoms with Gasteiger partial charge >= 0.3 is 0 Å². The summed E-state index contributed by atoms with van der Waals surface area (Å²) in [6.45, 7) is 5.80. The lowest BCUT2D eigenvalue weighted by atomic mass is 9.97. The smallest absolute Gasteiger partial charge is 0.257 e. The van der Waals surface area contributed by atoms with Crippen LogP contribution in [0.3, 0.4) is 0 Å². The third kappa shape index (κ3) is 2.67. The monoisotopic (exact) mass is 259 g/mol. The molecule has 1 saturated heterocycles. The van der Waals surface area contributed by atoms with Crippen molar-refractivity contribution in [3.05, 3.63) is 35.7 Å². The van der Waals surface area contributed by atoms with E-state index < -0.39 is 5.60 Å². The fraction of sp³-hybridized carbons (Fsp3) is 0.429. The molecule has 1 N–H and O–H groups in total. The van der Waals surface area contributed by atoms with Gasteiger partial charge in [0.05, 0.1) is 12.1 Å². The van der Waals surface area contributed by atoms with E-state index in [-0.39, 0.29) is 0 Å². The minimum Gasteiger partial charge on any atom is -0.388 e. The van der Waals surface area contributed by atoms with Gasteiger partial charge in [0, 0.05) is 18.7 Å². The van der Waals surface area contributed by atoms with Crippen LogP contribution < -0.4 is 0 Å². The Kier molecular flexibility index (Phi) is 2.88. The zero-order valence-electron chi connectivity index (χ0n) is 11.1. The Morgan fingerprint density at radius 3 is 2.63 bits per heavy atom.